The number of ether oxygens (including phenoxy) is 1. The van der Waals surface area contributed by atoms with E-state index >= 15 is 0 Å². The van der Waals surface area contributed by atoms with Crippen molar-refractivity contribution >= 4 is 17.2 Å². The summed E-state index contributed by atoms with van der Waals surface area (Å²) in [6.45, 7) is 2.84. The molecule has 0 saturated heterocycles. The van der Waals surface area contributed by atoms with Crippen LogP contribution in [-0.2, 0) is 4.74 Å². The number of aliphatic hydroxyl groups is 1. The van der Waals surface area contributed by atoms with Crippen molar-refractivity contribution in [2.24, 2.45) is 0 Å². The second kappa shape index (κ2) is 8.18. The number of hydrogen-bond donors (Lipinski definition) is 2. The van der Waals surface area contributed by atoms with Gasteiger partial charge in [-0.05, 0) is 31.4 Å². The van der Waals surface area contributed by atoms with Crippen molar-refractivity contribution in [2.45, 2.75) is 38.7 Å². The molecule has 2 rings (SSSR count). The summed E-state index contributed by atoms with van der Waals surface area (Å²) in [4.78, 5) is 13.5. The first kappa shape index (κ1) is 16.0. The Hall–Kier alpha value is -1.35. The maximum atomic E-state index is 12.0. The Kier molecular flexibility index (Phi) is 6.24. The van der Waals surface area contributed by atoms with E-state index in [1.165, 1.54) is 24.2 Å². The number of aliphatic hydroxyl groups excluding tert-OH is 1. The summed E-state index contributed by atoms with van der Waals surface area (Å²) >= 11 is 1.35. The average molecular weight is 307 g/mol. The van der Waals surface area contributed by atoms with Gasteiger partial charge in [0.05, 0.1) is 22.5 Å². The molecule has 5 heteroatoms. The molecule has 21 heavy (non-hydrogen) atoms. The van der Waals surface area contributed by atoms with Crippen LogP contribution in [0, 0.1) is 18.8 Å². The lowest BCUT2D eigenvalue weighted by atomic mass is 10.2. The molecular formula is C16H21NO3S. The highest BCUT2D eigenvalue weighted by atomic mass is 32.1. The quantitative estimate of drug-likeness (QED) is 0.647. The molecule has 0 radical (unpaired) electrons. The molecule has 1 aliphatic carbocycles. The highest BCUT2D eigenvalue weighted by molar-refractivity contribution is 7.14. The molecule has 1 heterocycles. The molecule has 0 aromatic carbocycles. The molecule has 0 unspecified atom stereocenters. The Balaban J connectivity index is 1.77. The lowest BCUT2D eigenvalue weighted by Gasteiger charge is -2.11. The lowest BCUT2D eigenvalue weighted by Crippen LogP contribution is -2.27. The molecule has 2 N–H and O–H groups in total. The predicted octanol–water partition coefficient (Wildman–Crippen LogP) is 2.09. The van der Waals surface area contributed by atoms with Gasteiger partial charge in [0.25, 0.3) is 5.91 Å². The van der Waals surface area contributed by atoms with Gasteiger partial charge in [-0.15, -0.1) is 11.3 Å². The van der Waals surface area contributed by atoms with Crippen LogP contribution < -0.4 is 5.32 Å². The number of thiophene rings is 1. The summed E-state index contributed by atoms with van der Waals surface area (Å²) in [7, 11) is 0. The molecule has 1 amide bonds. The van der Waals surface area contributed by atoms with E-state index in [0.717, 1.165) is 23.3 Å². The van der Waals surface area contributed by atoms with E-state index in [4.69, 9.17) is 9.84 Å². The summed E-state index contributed by atoms with van der Waals surface area (Å²) < 4.78 is 5.71. The average Bonchev–Trinajstić information content (AvgIpc) is 3.11. The Morgan fingerprint density at radius 2 is 2.29 bits per heavy atom. The van der Waals surface area contributed by atoms with Gasteiger partial charge >= 0.3 is 0 Å². The number of carbonyl (C=O) groups is 1. The summed E-state index contributed by atoms with van der Waals surface area (Å²) in [6.07, 6.45) is 5.17. The van der Waals surface area contributed by atoms with E-state index in [-0.39, 0.29) is 12.5 Å². The monoisotopic (exact) mass is 307 g/mol. The van der Waals surface area contributed by atoms with Gasteiger partial charge in [-0.2, -0.15) is 0 Å². The van der Waals surface area contributed by atoms with Crippen LogP contribution in [0.1, 0.15) is 45.8 Å². The van der Waals surface area contributed by atoms with Crippen LogP contribution in [0.4, 0.5) is 0 Å². The third-order valence-corrected chi connectivity index (χ3v) is 4.62. The molecule has 0 bridgehead atoms. The third kappa shape index (κ3) is 4.85. The van der Waals surface area contributed by atoms with Gasteiger partial charge in [-0.1, -0.05) is 24.7 Å². The first-order chi connectivity index (χ1) is 10.2. The number of amides is 1. The third-order valence-electron chi connectivity index (χ3n) is 3.47. The van der Waals surface area contributed by atoms with E-state index in [1.54, 1.807) is 0 Å². The second-order valence-corrected chi connectivity index (χ2v) is 6.17. The van der Waals surface area contributed by atoms with Gasteiger partial charge in [0.15, 0.2) is 0 Å². The van der Waals surface area contributed by atoms with Crippen LogP contribution in [0.5, 0.6) is 0 Å². The number of carbonyl (C=O) groups excluding carboxylic acids is 1. The molecule has 0 aliphatic heterocycles. The van der Waals surface area contributed by atoms with E-state index in [2.05, 4.69) is 17.2 Å². The zero-order valence-corrected chi connectivity index (χ0v) is 13.1. The van der Waals surface area contributed by atoms with Crippen LogP contribution in [0.15, 0.2) is 6.07 Å². The zero-order valence-electron chi connectivity index (χ0n) is 12.3. The Morgan fingerprint density at radius 1 is 1.52 bits per heavy atom. The standard InChI is InChI=1S/C16H21NO3S/c1-12-11-15(21-14(12)7-4-9-18)16(19)17-8-10-20-13-5-2-3-6-13/h11,13,18H,2-3,5-6,8-10H2,1H3,(H,17,19). The molecule has 1 saturated carbocycles. The van der Waals surface area contributed by atoms with Crippen molar-refractivity contribution in [3.8, 4) is 11.8 Å². The van der Waals surface area contributed by atoms with Crippen LogP contribution in [0.3, 0.4) is 0 Å². The SMILES string of the molecule is Cc1cc(C(=O)NCCOC2CCCC2)sc1C#CCO. The lowest BCUT2D eigenvalue weighted by molar-refractivity contribution is 0.0582. The van der Waals surface area contributed by atoms with Gasteiger partial charge in [-0.25, -0.2) is 0 Å². The molecule has 1 aliphatic rings. The first-order valence-electron chi connectivity index (χ1n) is 7.30. The molecular weight excluding hydrogens is 286 g/mol. The van der Waals surface area contributed by atoms with Gasteiger partial charge in [0, 0.05) is 6.54 Å². The number of nitrogens with one attached hydrogen (secondary N) is 1. The van der Waals surface area contributed by atoms with Crippen LogP contribution in [0.2, 0.25) is 0 Å². The topological polar surface area (TPSA) is 58.6 Å². The minimum Gasteiger partial charge on any atom is -0.384 e. The fourth-order valence-corrected chi connectivity index (χ4v) is 3.33. The molecule has 114 valence electrons. The highest BCUT2D eigenvalue weighted by Crippen LogP contribution is 2.21. The molecule has 4 nitrogen and oxygen atoms in total. The number of hydrogen-bond acceptors (Lipinski definition) is 4. The smallest absolute Gasteiger partial charge is 0.261 e. The predicted molar refractivity (Wildman–Crippen MR) is 83.6 cm³/mol. The first-order valence-corrected chi connectivity index (χ1v) is 8.12. The van der Waals surface area contributed by atoms with Crippen molar-refractivity contribution in [1.82, 2.24) is 5.32 Å². The minimum absolute atomic E-state index is 0.0878. The van der Waals surface area contributed by atoms with Gasteiger partial charge in [-0.3, -0.25) is 4.79 Å². The molecule has 1 fully saturated rings. The van der Waals surface area contributed by atoms with Gasteiger partial charge < -0.3 is 15.2 Å². The molecule has 1 aromatic heterocycles. The minimum atomic E-state index is -0.169. The number of rotatable bonds is 5. The van der Waals surface area contributed by atoms with Crippen LogP contribution in [-0.4, -0.2) is 36.9 Å². The van der Waals surface area contributed by atoms with E-state index < -0.39 is 0 Å². The Morgan fingerprint density at radius 3 is 3.00 bits per heavy atom. The summed E-state index contributed by atoms with van der Waals surface area (Å²) in [5, 5.41) is 11.6. The summed E-state index contributed by atoms with van der Waals surface area (Å²) in [6, 6.07) is 1.83. The van der Waals surface area contributed by atoms with E-state index in [9.17, 15) is 4.79 Å². The fourth-order valence-electron chi connectivity index (χ4n) is 2.37. The Bertz CT molecular complexity index is 535. The Labute approximate surface area is 129 Å². The second-order valence-electron chi connectivity index (χ2n) is 5.12. The van der Waals surface area contributed by atoms with Crippen molar-refractivity contribution < 1.29 is 14.6 Å². The van der Waals surface area contributed by atoms with Crippen molar-refractivity contribution in [2.75, 3.05) is 19.8 Å². The highest BCUT2D eigenvalue weighted by Gasteiger charge is 2.15. The van der Waals surface area contributed by atoms with Crippen molar-refractivity contribution in [1.29, 1.82) is 0 Å². The van der Waals surface area contributed by atoms with E-state index in [1.807, 2.05) is 13.0 Å². The molecule has 0 atom stereocenters. The normalized spacial score (nSPS) is 14.8. The molecule has 1 aromatic rings. The van der Waals surface area contributed by atoms with Crippen LogP contribution >= 0.6 is 11.3 Å². The van der Waals surface area contributed by atoms with Crippen LogP contribution in [0.25, 0.3) is 0 Å². The summed E-state index contributed by atoms with van der Waals surface area (Å²) in [5.41, 5.74) is 0.966. The maximum absolute atomic E-state index is 12.0. The van der Waals surface area contributed by atoms with Gasteiger partial charge in [0.1, 0.15) is 6.61 Å². The fraction of sp³-hybridized carbons (Fsp3) is 0.562. The largest absolute Gasteiger partial charge is 0.384 e. The van der Waals surface area contributed by atoms with Crippen molar-refractivity contribution in [3.05, 3.63) is 21.4 Å². The molecule has 0 spiro atoms. The van der Waals surface area contributed by atoms with Gasteiger partial charge in [0.2, 0.25) is 0 Å². The maximum Gasteiger partial charge on any atom is 0.261 e. The number of aryl methyl sites for hydroxylation is 1. The zero-order chi connectivity index (χ0) is 15.1. The van der Waals surface area contributed by atoms with E-state index in [0.29, 0.717) is 24.1 Å². The summed E-state index contributed by atoms with van der Waals surface area (Å²) in [5.74, 6) is 5.37. The van der Waals surface area contributed by atoms with Crippen molar-refractivity contribution in [3.63, 3.8) is 0 Å².